The zero-order valence-electron chi connectivity index (χ0n) is 18.0. The number of allylic oxidation sites excluding steroid dienone is 1. The number of benzene rings is 3. The molecule has 0 bridgehead atoms. The topological polar surface area (TPSA) is 80.3 Å². The molecule has 4 rings (SSSR count). The fourth-order valence-electron chi connectivity index (χ4n) is 3.32. The Morgan fingerprint density at radius 2 is 1.58 bits per heavy atom. The highest BCUT2D eigenvalue weighted by atomic mass is 19.1. The summed E-state index contributed by atoms with van der Waals surface area (Å²) in [4.78, 5) is 25.1. The fraction of sp³-hybridized carbons (Fsp3) is 0.120. The van der Waals surface area contributed by atoms with E-state index in [0.29, 0.717) is 28.4 Å². The minimum atomic E-state index is -0.660. The van der Waals surface area contributed by atoms with Crippen LogP contribution in [0.4, 0.5) is 4.39 Å². The molecular formula is C25H19FO7. The molecule has 3 aromatic carbocycles. The monoisotopic (exact) mass is 450 g/mol. The molecule has 168 valence electrons. The van der Waals surface area contributed by atoms with E-state index in [1.807, 2.05) is 0 Å². The average Bonchev–Trinajstić information content (AvgIpc) is 3.12. The highest BCUT2D eigenvalue weighted by Crippen LogP contribution is 2.40. The summed E-state index contributed by atoms with van der Waals surface area (Å²) in [5.41, 5.74) is 1.12. The van der Waals surface area contributed by atoms with Gasteiger partial charge in [0.05, 0.1) is 32.5 Å². The standard InChI is InChI=1S/C25H19FO7/c1-29-21-11-14(12-22(30-2)24(21)31-3)10-20-23(27)18-9-8-17(13-19(18)33-20)32-25(28)15-4-6-16(26)7-5-15/h4-13H,1-3H3. The van der Waals surface area contributed by atoms with Crippen LogP contribution in [0.5, 0.6) is 28.7 Å². The lowest BCUT2D eigenvalue weighted by molar-refractivity contribution is 0.0734. The zero-order chi connectivity index (χ0) is 23.5. The van der Waals surface area contributed by atoms with Crippen molar-refractivity contribution in [2.75, 3.05) is 21.3 Å². The third-order valence-electron chi connectivity index (χ3n) is 4.92. The van der Waals surface area contributed by atoms with E-state index in [2.05, 4.69) is 0 Å². The van der Waals surface area contributed by atoms with Crippen LogP contribution in [-0.4, -0.2) is 33.1 Å². The van der Waals surface area contributed by atoms with Gasteiger partial charge in [-0.25, -0.2) is 9.18 Å². The number of esters is 1. The summed E-state index contributed by atoms with van der Waals surface area (Å²) in [6.45, 7) is 0. The fourth-order valence-corrected chi connectivity index (χ4v) is 3.32. The van der Waals surface area contributed by atoms with Crippen LogP contribution in [0.25, 0.3) is 6.08 Å². The molecule has 0 spiro atoms. The SMILES string of the molecule is COc1cc(C=C2Oc3cc(OC(=O)c4ccc(F)cc4)ccc3C2=O)cc(OC)c1OC. The summed E-state index contributed by atoms with van der Waals surface area (Å²) in [5, 5.41) is 0. The van der Waals surface area contributed by atoms with Crippen LogP contribution in [0.3, 0.4) is 0 Å². The molecule has 0 radical (unpaired) electrons. The zero-order valence-corrected chi connectivity index (χ0v) is 18.0. The van der Waals surface area contributed by atoms with Gasteiger partial charge >= 0.3 is 5.97 Å². The predicted octanol–water partition coefficient (Wildman–Crippen LogP) is 4.69. The molecule has 0 atom stereocenters. The van der Waals surface area contributed by atoms with Crippen molar-refractivity contribution in [3.05, 3.63) is 82.9 Å². The summed E-state index contributed by atoms with van der Waals surface area (Å²) < 4.78 is 40.1. The van der Waals surface area contributed by atoms with Gasteiger partial charge in [0, 0.05) is 6.07 Å². The van der Waals surface area contributed by atoms with Gasteiger partial charge in [-0.2, -0.15) is 0 Å². The van der Waals surface area contributed by atoms with Crippen molar-refractivity contribution in [1.82, 2.24) is 0 Å². The summed E-state index contributed by atoms with van der Waals surface area (Å²) in [6, 6.07) is 12.8. The second kappa shape index (κ2) is 9.04. The number of ether oxygens (including phenoxy) is 5. The van der Waals surface area contributed by atoms with Gasteiger partial charge in [-0.1, -0.05) is 0 Å². The van der Waals surface area contributed by atoms with E-state index in [-0.39, 0.29) is 28.6 Å². The molecular weight excluding hydrogens is 431 g/mol. The van der Waals surface area contributed by atoms with Gasteiger partial charge in [0.2, 0.25) is 11.5 Å². The number of hydrogen-bond acceptors (Lipinski definition) is 7. The Bertz CT molecular complexity index is 1240. The lowest BCUT2D eigenvalue weighted by Gasteiger charge is -2.13. The van der Waals surface area contributed by atoms with Crippen molar-refractivity contribution < 1.29 is 37.7 Å². The molecule has 0 unspecified atom stereocenters. The van der Waals surface area contributed by atoms with Gasteiger partial charge in [0.25, 0.3) is 0 Å². The number of carbonyl (C=O) groups is 2. The molecule has 1 heterocycles. The Morgan fingerprint density at radius 3 is 2.18 bits per heavy atom. The van der Waals surface area contributed by atoms with Crippen LogP contribution in [0.1, 0.15) is 26.3 Å². The van der Waals surface area contributed by atoms with Gasteiger partial charge in [-0.15, -0.1) is 0 Å². The second-order valence-corrected chi connectivity index (χ2v) is 6.95. The highest BCUT2D eigenvalue weighted by molar-refractivity contribution is 6.14. The summed E-state index contributed by atoms with van der Waals surface area (Å²) >= 11 is 0. The van der Waals surface area contributed by atoms with Gasteiger partial charge in [-0.3, -0.25) is 4.79 Å². The lowest BCUT2D eigenvalue weighted by Crippen LogP contribution is -2.08. The molecule has 0 aromatic heterocycles. The van der Waals surface area contributed by atoms with E-state index in [0.717, 1.165) is 0 Å². The molecule has 0 saturated heterocycles. The van der Waals surface area contributed by atoms with Crippen LogP contribution >= 0.6 is 0 Å². The molecule has 0 aliphatic carbocycles. The Hall–Kier alpha value is -4.33. The van der Waals surface area contributed by atoms with E-state index in [9.17, 15) is 14.0 Å². The molecule has 0 N–H and O–H groups in total. The van der Waals surface area contributed by atoms with Crippen LogP contribution in [0.2, 0.25) is 0 Å². The van der Waals surface area contributed by atoms with Crippen LogP contribution in [0.15, 0.2) is 60.4 Å². The van der Waals surface area contributed by atoms with Crippen molar-refractivity contribution in [2.45, 2.75) is 0 Å². The number of rotatable bonds is 6. The first-order valence-corrected chi connectivity index (χ1v) is 9.79. The van der Waals surface area contributed by atoms with Crippen molar-refractivity contribution in [1.29, 1.82) is 0 Å². The lowest BCUT2D eigenvalue weighted by atomic mass is 10.1. The van der Waals surface area contributed by atoms with Crippen LogP contribution < -0.4 is 23.7 Å². The third kappa shape index (κ3) is 4.36. The van der Waals surface area contributed by atoms with Crippen molar-refractivity contribution >= 4 is 17.8 Å². The smallest absolute Gasteiger partial charge is 0.343 e. The Morgan fingerprint density at radius 1 is 0.909 bits per heavy atom. The number of halogens is 1. The summed E-state index contributed by atoms with van der Waals surface area (Å²) in [5.74, 6) is 0.374. The van der Waals surface area contributed by atoms with Crippen molar-refractivity contribution in [2.24, 2.45) is 0 Å². The van der Waals surface area contributed by atoms with E-state index < -0.39 is 11.8 Å². The van der Waals surface area contributed by atoms with Gasteiger partial charge in [-0.05, 0) is 60.2 Å². The quantitative estimate of drug-likeness (QED) is 0.306. The van der Waals surface area contributed by atoms with E-state index >= 15 is 0 Å². The maximum Gasteiger partial charge on any atom is 0.343 e. The van der Waals surface area contributed by atoms with Crippen molar-refractivity contribution in [3.8, 4) is 28.7 Å². The first-order chi connectivity index (χ1) is 15.9. The van der Waals surface area contributed by atoms with Crippen LogP contribution in [-0.2, 0) is 0 Å². The molecule has 0 saturated carbocycles. The largest absolute Gasteiger partial charge is 0.493 e. The minimum absolute atomic E-state index is 0.0845. The van der Waals surface area contributed by atoms with Gasteiger partial charge in [0.15, 0.2) is 17.3 Å². The van der Waals surface area contributed by atoms with E-state index in [4.69, 9.17) is 23.7 Å². The van der Waals surface area contributed by atoms with Crippen LogP contribution in [0, 0.1) is 5.82 Å². The Labute approximate surface area is 188 Å². The number of fused-ring (bicyclic) bond motifs is 1. The molecule has 1 aliphatic rings. The predicted molar refractivity (Wildman–Crippen MR) is 117 cm³/mol. The third-order valence-corrected chi connectivity index (χ3v) is 4.92. The molecule has 0 fully saturated rings. The van der Waals surface area contributed by atoms with E-state index in [1.54, 1.807) is 18.2 Å². The molecule has 1 aliphatic heterocycles. The number of hydrogen-bond donors (Lipinski definition) is 0. The average molecular weight is 450 g/mol. The normalized spacial score (nSPS) is 13.3. The number of carbonyl (C=O) groups excluding carboxylic acids is 2. The number of Topliss-reactive ketones (excluding diaryl/α,β-unsaturated/α-hetero) is 1. The number of methoxy groups -OCH3 is 3. The van der Waals surface area contributed by atoms with Gasteiger partial charge in [0.1, 0.15) is 17.3 Å². The Kier molecular flexibility index (Phi) is 5.99. The van der Waals surface area contributed by atoms with E-state index in [1.165, 1.54) is 63.8 Å². The maximum absolute atomic E-state index is 13.1. The molecule has 8 heteroatoms. The highest BCUT2D eigenvalue weighted by Gasteiger charge is 2.28. The molecule has 3 aromatic rings. The first-order valence-electron chi connectivity index (χ1n) is 9.79. The molecule has 33 heavy (non-hydrogen) atoms. The maximum atomic E-state index is 13.1. The van der Waals surface area contributed by atoms with Gasteiger partial charge < -0.3 is 23.7 Å². The number of ketones is 1. The summed E-state index contributed by atoms with van der Waals surface area (Å²) in [7, 11) is 4.49. The minimum Gasteiger partial charge on any atom is -0.493 e. The summed E-state index contributed by atoms with van der Waals surface area (Å²) in [6.07, 6.45) is 1.55. The molecule has 0 amide bonds. The van der Waals surface area contributed by atoms with Crippen molar-refractivity contribution in [3.63, 3.8) is 0 Å². The first kappa shape index (κ1) is 21.9. The second-order valence-electron chi connectivity index (χ2n) is 6.95. The Balaban J connectivity index is 1.58. The molecule has 7 nitrogen and oxygen atoms in total.